The van der Waals surface area contributed by atoms with E-state index in [0.717, 1.165) is 18.2 Å². The number of halogens is 4. The van der Waals surface area contributed by atoms with E-state index in [1.807, 2.05) is 0 Å². The van der Waals surface area contributed by atoms with E-state index in [1.54, 1.807) is 0 Å². The van der Waals surface area contributed by atoms with E-state index in [9.17, 15) is 23.3 Å². The molecule has 21 heavy (non-hydrogen) atoms. The lowest BCUT2D eigenvalue weighted by molar-refractivity contribution is -0.385. The molecular formula is C13H7BrF3NO3. The fourth-order valence-corrected chi connectivity index (χ4v) is 2.04. The van der Waals surface area contributed by atoms with Crippen LogP contribution in [0.4, 0.5) is 18.9 Å². The number of alkyl halides is 3. The molecule has 0 saturated heterocycles. The Morgan fingerprint density at radius 1 is 1.10 bits per heavy atom. The Labute approximate surface area is 125 Å². The molecule has 0 saturated carbocycles. The highest BCUT2D eigenvalue weighted by molar-refractivity contribution is 9.10. The average Bonchev–Trinajstić information content (AvgIpc) is 2.37. The number of hydrogen-bond acceptors (Lipinski definition) is 3. The largest absolute Gasteiger partial charge is 0.457 e. The minimum absolute atomic E-state index is 0.0581. The van der Waals surface area contributed by atoms with E-state index >= 15 is 0 Å². The molecule has 0 spiro atoms. The summed E-state index contributed by atoms with van der Waals surface area (Å²) < 4.78 is 43.4. The second kappa shape index (κ2) is 5.72. The highest BCUT2D eigenvalue weighted by Gasteiger charge is 2.30. The first kappa shape index (κ1) is 15.3. The molecule has 2 rings (SSSR count). The van der Waals surface area contributed by atoms with Crippen molar-refractivity contribution in [1.82, 2.24) is 0 Å². The SMILES string of the molecule is O=[N+]([O-])c1cc(Br)cc(Oc2cccc(C(F)(F)F)c2)c1. The van der Waals surface area contributed by atoms with Crippen molar-refractivity contribution in [3.8, 4) is 11.5 Å². The molecule has 0 amide bonds. The third kappa shape index (κ3) is 3.94. The maximum Gasteiger partial charge on any atom is 0.416 e. The summed E-state index contributed by atoms with van der Waals surface area (Å²) >= 11 is 3.08. The van der Waals surface area contributed by atoms with Crippen LogP contribution < -0.4 is 4.74 Å². The third-order valence-corrected chi connectivity index (χ3v) is 2.92. The Balaban J connectivity index is 2.32. The van der Waals surface area contributed by atoms with Crippen molar-refractivity contribution in [3.63, 3.8) is 0 Å². The number of nitro groups is 1. The van der Waals surface area contributed by atoms with E-state index in [1.165, 1.54) is 24.3 Å². The summed E-state index contributed by atoms with van der Waals surface area (Å²) in [5.74, 6) is 0.00706. The summed E-state index contributed by atoms with van der Waals surface area (Å²) in [5.41, 5.74) is -1.09. The summed E-state index contributed by atoms with van der Waals surface area (Å²) in [6.07, 6.45) is -4.48. The van der Waals surface area contributed by atoms with Gasteiger partial charge < -0.3 is 4.74 Å². The van der Waals surface area contributed by atoms with E-state index in [2.05, 4.69) is 15.9 Å². The van der Waals surface area contributed by atoms with Gasteiger partial charge in [0.25, 0.3) is 5.69 Å². The van der Waals surface area contributed by atoms with Gasteiger partial charge in [-0.3, -0.25) is 10.1 Å². The van der Waals surface area contributed by atoms with Crippen LogP contribution >= 0.6 is 15.9 Å². The van der Waals surface area contributed by atoms with E-state index in [4.69, 9.17) is 4.74 Å². The van der Waals surface area contributed by atoms with Gasteiger partial charge in [0.05, 0.1) is 16.6 Å². The van der Waals surface area contributed by atoms with E-state index in [0.29, 0.717) is 4.47 Å². The number of nitro benzene ring substituents is 1. The van der Waals surface area contributed by atoms with Crippen LogP contribution in [0.5, 0.6) is 11.5 Å². The lowest BCUT2D eigenvalue weighted by Crippen LogP contribution is -2.04. The Morgan fingerprint density at radius 3 is 2.43 bits per heavy atom. The van der Waals surface area contributed by atoms with Gasteiger partial charge >= 0.3 is 6.18 Å². The van der Waals surface area contributed by atoms with Crippen LogP contribution in [-0.4, -0.2) is 4.92 Å². The first-order valence-corrected chi connectivity index (χ1v) is 6.35. The van der Waals surface area contributed by atoms with Crippen molar-refractivity contribution in [2.24, 2.45) is 0 Å². The highest BCUT2D eigenvalue weighted by Crippen LogP contribution is 2.34. The van der Waals surface area contributed by atoms with Crippen LogP contribution in [0.25, 0.3) is 0 Å². The number of benzene rings is 2. The van der Waals surface area contributed by atoms with Gasteiger partial charge in [-0.1, -0.05) is 22.0 Å². The molecule has 110 valence electrons. The molecule has 4 nitrogen and oxygen atoms in total. The molecule has 0 atom stereocenters. The summed E-state index contributed by atoms with van der Waals surface area (Å²) in [6, 6.07) is 8.09. The summed E-state index contributed by atoms with van der Waals surface area (Å²) in [6.45, 7) is 0. The van der Waals surface area contributed by atoms with E-state index in [-0.39, 0.29) is 17.2 Å². The van der Waals surface area contributed by atoms with Crippen molar-refractivity contribution >= 4 is 21.6 Å². The zero-order valence-corrected chi connectivity index (χ0v) is 11.8. The second-order valence-corrected chi connectivity index (χ2v) is 4.95. The van der Waals surface area contributed by atoms with Crippen molar-refractivity contribution in [3.05, 3.63) is 62.6 Å². The number of ether oxygens (including phenoxy) is 1. The van der Waals surface area contributed by atoms with Gasteiger partial charge in [0, 0.05) is 10.5 Å². The molecule has 2 aromatic carbocycles. The Hall–Kier alpha value is -2.09. The molecule has 2 aromatic rings. The molecule has 0 aromatic heterocycles. The first-order chi connectivity index (χ1) is 9.75. The molecule has 0 radical (unpaired) electrons. The molecule has 0 aliphatic heterocycles. The topological polar surface area (TPSA) is 52.4 Å². The van der Waals surface area contributed by atoms with Crippen molar-refractivity contribution in [2.45, 2.75) is 6.18 Å². The summed E-state index contributed by atoms with van der Waals surface area (Å²) in [5, 5.41) is 10.7. The highest BCUT2D eigenvalue weighted by atomic mass is 79.9. The zero-order chi connectivity index (χ0) is 15.6. The van der Waals surface area contributed by atoms with Crippen LogP contribution in [0.1, 0.15) is 5.56 Å². The van der Waals surface area contributed by atoms with Gasteiger partial charge in [0.2, 0.25) is 0 Å². The Bertz CT molecular complexity index is 689. The lowest BCUT2D eigenvalue weighted by Gasteiger charge is -2.10. The molecule has 8 heteroatoms. The molecule has 0 N–H and O–H groups in total. The molecule has 0 fully saturated rings. The van der Waals surface area contributed by atoms with Gasteiger partial charge in [-0.25, -0.2) is 0 Å². The summed E-state index contributed by atoms with van der Waals surface area (Å²) in [4.78, 5) is 10.1. The average molecular weight is 362 g/mol. The van der Waals surface area contributed by atoms with Crippen molar-refractivity contribution < 1.29 is 22.8 Å². The molecule has 0 heterocycles. The van der Waals surface area contributed by atoms with Gasteiger partial charge in [-0.2, -0.15) is 13.2 Å². The molecular weight excluding hydrogens is 355 g/mol. The lowest BCUT2D eigenvalue weighted by atomic mass is 10.2. The van der Waals surface area contributed by atoms with Crippen molar-refractivity contribution in [2.75, 3.05) is 0 Å². The van der Waals surface area contributed by atoms with Gasteiger partial charge in [-0.15, -0.1) is 0 Å². The van der Waals surface area contributed by atoms with Crippen LogP contribution in [-0.2, 0) is 6.18 Å². The van der Waals surface area contributed by atoms with Gasteiger partial charge in [0.1, 0.15) is 11.5 Å². The predicted octanol–water partition coefficient (Wildman–Crippen LogP) is 5.17. The molecule has 0 aliphatic carbocycles. The van der Waals surface area contributed by atoms with Crippen LogP contribution in [0, 0.1) is 10.1 Å². The number of rotatable bonds is 3. The third-order valence-electron chi connectivity index (χ3n) is 2.46. The molecule has 0 unspecified atom stereocenters. The fourth-order valence-electron chi connectivity index (χ4n) is 1.58. The maximum absolute atomic E-state index is 12.6. The van der Waals surface area contributed by atoms with Crippen molar-refractivity contribution in [1.29, 1.82) is 0 Å². The first-order valence-electron chi connectivity index (χ1n) is 5.56. The minimum atomic E-state index is -4.48. The number of nitrogens with zero attached hydrogens (tertiary/aromatic N) is 1. The van der Waals surface area contributed by atoms with Crippen LogP contribution in [0.2, 0.25) is 0 Å². The smallest absolute Gasteiger partial charge is 0.416 e. The van der Waals surface area contributed by atoms with Gasteiger partial charge in [0.15, 0.2) is 0 Å². The normalized spacial score (nSPS) is 11.2. The van der Waals surface area contributed by atoms with E-state index < -0.39 is 16.7 Å². The Kier molecular flexibility index (Phi) is 4.17. The van der Waals surface area contributed by atoms with Gasteiger partial charge in [-0.05, 0) is 24.3 Å². The predicted molar refractivity (Wildman–Crippen MR) is 72.3 cm³/mol. The van der Waals surface area contributed by atoms with Crippen LogP contribution in [0.3, 0.4) is 0 Å². The monoisotopic (exact) mass is 361 g/mol. The van der Waals surface area contributed by atoms with Crippen LogP contribution in [0.15, 0.2) is 46.9 Å². The molecule has 0 bridgehead atoms. The maximum atomic E-state index is 12.6. The number of hydrogen-bond donors (Lipinski definition) is 0. The second-order valence-electron chi connectivity index (χ2n) is 4.03. The standard InChI is InChI=1S/C13H7BrF3NO3/c14-9-5-10(18(19)20)7-12(6-9)21-11-3-1-2-8(4-11)13(15,16)17/h1-7H. The quantitative estimate of drug-likeness (QED) is 0.559. The zero-order valence-electron chi connectivity index (χ0n) is 10.2. The summed E-state index contributed by atoms with van der Waals surface area (Å²) in [7, 11) is 0. The number of non-ortho nitro benzene ring substituents is 1. The molecule has 0 aliphatic rings. The Morgan fingerprint density at radius 2 is 1.81 bits per heavy atom. The minimum Gasteiger partial charge on any atom is -0.457 e. The fraction of sp³-hybridized carbons (Fsp3) is 0.0769.